The molecule has 0 radical (unpaired) electrons. The molecular weight excluding hydrogens is 970 g/mol. The molecule has 3 fully saturated rings. The van der Waals surface area contributed by atoms with Crippen molar-refractivity contribution in [2.45, 2.75) is 60.7 Å². The normalized spacial score (nSPS) is 19.4. The van der Waals surface area contributed by atoms with Crippen LogP contribution in [0, 0.1) is 5.82 Å². The number of anilines is 1. The molecule has 0 aliphatic carbocycles. The average Bonchev–Trinajstić information content (AvgIpc) is 3.75. The Balaban J connectivity index is 0.000000475. The molecule has 17 nitrogen and oxygen atoms in total. The number of hydrogen-bond donors (Lipinski definition) is 4. The zero-order valence-corrected chi connectivity index (χ0v) is 36.4. The van der Waals surface area contributed by atoms with E-state index in [1.165, 1.54) is 23.2 Å². The third kappa shape index (κ3) is 11.5. The van der Waals surface area contributed by atoms with Crippen molar-refractivity contribution in [3.8, 4) is 17.3 Å². The molecule has 3 aliphatic rings. The standard InChI is InChI=1S/C37H34ClF2N7O6S.2C2HF3O2/c1-45-16-22(42-35(48)21-7-2-8-26(13-21)54(40,51)52)14-25(45)19-53-36-43-33-28(34(44-36)46-17-23-11-12-24(18-46)47(23)37(49)50)15-41-32(31(33)39)27-9-3-5-20-6-4-10-29(38)30(20)27;2*3-2(4,5)1(6)7/h2-10,13,15,22-25H,11-12,14,16-19H2,1H3,(H,42,48)(H,49,50);2*(H,6,7)/t22-,23-,24+,25+;;/m1../s1. The predicted molar refractivity (Wildman–Crippen MR) is 224 cm³/mol. The zero-order valence-electron chi connectivity index (χ0n) is 34.8. The number of carbonyl (C=O) groups excluding carboxylic acids is 1. The lowest BCUT2D eigenvalue weighted by atomic mass is 10.0. The molecule has 3 aliphatic heterocycles. The topological polar surface area (TPSA) is 233 Å². The van der Waals surface area contributed by atoms with Crippen LogP contribution in [-0.4, -0.2) is 142 Å². The summed E-state index contributed by atoms with van der Waals surface area (Å²) in [4.78, 5) is 61.5. The van der Waals surface area contributed by atoms with Gasteiger partial charge in [0.1, 0.15) is 23.6 Å². The number of fused-ring (bicyclic) bond motifs is 4. The average molecular weight is 1010 g/mol. The van der Waals surface area contributed by atoms with Gasteiger partial charge in [-0.2, -0.15) is 44.7 Å². The van der Waals surface area contributed by atoms with Crippen LogP contribution >= 0.6 is 11.6 Å². The number of nitrogens with zero attached hydrogens (tertiary/aromatic N) is 6. The summed E-state index contributed by atoms with van der Waals surface area (Å²) in [6.07, 6.45) is -7.75. The first kappa shape index (κ1) is 50.7. The Morgan fingerprint density at radius 2 is 1.47 bits per heavy atom. The smallest absolute Gasteiger partial charge is 0.475 e. The molecular formula is C41H36ClF8N7O10S. The number of carboxylic acid groups (broad SMARTS) is 3. The maximum Gasteiger partial charge on any atom is 0.490 e. The fourth-order valence-corrected chi connectivity index (χ4v) is 8.80. The van der Waals surface area contributed by atoms with E-state index in [4.69, 9.17) is 41.1 Å². The summed E-state index contributed by atoms with van der Waals surface area (Å²) < 4.78 is 123. The van der Waals surface area contributed by atoms with Crippen LogP contribution in [0.1, 0.15) is 29.6 Å². The highest BCUT2D eigenvalue weighted by molar-refractivity contribution is 7.86. The number of pyridine rings is 1. The van der Waals surface area contributed by atoms with Gasteiger partial charge in [-0.25, -0.2) is 18.8 Å². The summed E-state index contributed by atoms with van der Waals surface area (Å²) in [5.74, 6) is -6.37. The number of carbonyl (C=O) groups is 4. The number of ether oxygens (including phenoxy) is 1. The summed E-state index contributed by atoms with van der Waals surface area (Å²) >= 11 is 6.60. The number of piperazine rings is 1. The molecule has 0 saturated carbocycles. The van der Waals surface area contributed by atoms with E-state index in [-0.39, 0.29) is 53.6 Å². The van der Waals surface area contributed by atoms with Gasteiger partial charge in [0.15, 0.2) is 5.82 Å². The minimum Gasteiger partial charge on any atom is -0.475 e. The maximum atomic E-state index is 16.8. The number of rotatable bonds is 8. The first-order valence-corrected chi connectivity index (χ1v) is 21.6. The van der Waals surface area contributed by atoms with Gasteiger partial charge in [-0.15, -0.1) is 3.89 Å². The van der Waals surface area contributed by atoms with Crippen LogP contribution in [0.4, 0.5) is 45.2 Å². The Hall–Kier alpha value is -6.67. The van der Waals surface area contributed by atoms with Crippen molar-refractivity contribution in [2.75, 3.05) is 38.2 Å². The van der Waals surface area contributed by atoms with E-state index in [0.717, 1.165) is 17.5 Å². The number of likely N-dealkylation sites (tertiary alicyclic amines) is 1. The molecule has 4 N–H and O–H groups in total. The number of likely N-dealkylation sites (N-methyl/N-ethyl adjacent to an activating group) is 1. The predicted octanol–water partition coefficient (Wildman–Crippen LogP) is 6.77. The number of aliphatic carboxylic acids is 2. The monoisotopic (exact) mass is 1010 g/mol. The Bertz CT molecular complexity index is 2840. The number of halogens is 9. The minimum absolute atomic E-state index is 0.00690. The Morgan fingerprint density at radius 3 is 2.04 bits per heavy atom. The highest BCUT2D eigenvalue weighted by atomic mass is 35.5. The largest absolute Gasteiger partial charge is 0.490 e. The number of hydrogen-bond acceptors (Lipinski definition) is 12. The van der Waals surface area contributed by atoms with Crippen molar-refractivity contribution in [3.63, 3.8) is 0 Å². The van der Waals surface area contributed by atoms with Crippen molar-refractivity contribution in [1.82, 2.24) is 30.1 Å². The lowest BCUT2D eigenvalue weighted by Gasteiger charge is -2.40. The Kier molecular flexibility index (Phi) is 14.8. The summed E-state index contributed by atoms with van der Waals surface area (Å²) in [6.45, 7) is 1.23. The van der Waals surface area contributed by atoms with E-state index < -0.39 is 57.2 Å². The Labute approximate surface area is 384 Å². The molecule has 68 heavy (non-hydrogen) atoms. The van der Waals surface area contributed by atoms with Gasteiger partial charge in [-0.3, -0.25) is 19.6 Å². The minimum atomic E-state index is -5.08. The van der Waals surface area contributed by atoms with Gasteiger partial charge in [0, 0.05) is 59.5 Å². The molecule has 5 heterocycles. The van der Waals surface area contributed by atoms with E-state index in [1.54, 1.807) is 18.2 Å². The van der Waals surface area contributed by atoms with Gasteiger partial charge >= 0.3 is 46.6 Å². The molecule has 2 amide bonds. The quantitative estimate of drug-likeness (QED) is 0.0928. The molecule has 0 spiro atoms. The van der Waals surface area contributed by atoms with Crippen LogP contribution in [0.2, 0.25) is 5.02 Å². The molecule has 4 atom stereocenters. The first-order chi connectivity index (χ1) is 31.7. The van der Waals surface area contributed by atoms with Gasteiger partial charge < -0.3 is 30.3 Å². The highest BCUT2D eigenvalue weighted by Crippen LogP contribution is 2.39. The van der Waals surface area contributed by atoms with Crippen molar-refractivity contribution in [3.05, 3.63) is 83.3 Å². The molecule has 2 aromatic heterocycles. The van der Waals surface area contributed by atoms with E-state index in [0.29, 0.717) is 66.1 Å². The summed E-state index contributed by atoms with van der Waals surface area (Å²) in [7, 11) is -3.12. The molecule has 27 heteroatoms. The second-order valence-electron chi connectivity index (χ2n) is 15.5. The maximum absolute atomic E-state index is 16.8. The molecule has 364 valence electrons. The number of benzene rings is 3. The molecule has 3 aromatic carbocycles. The number of nitrogens with one attached hydrogen (secondary N) is 1. The Morgan fingerprint density at radius 1 is 0.882 bits per heavy atom. The fourth-order valence-electron chi connectivity index (χ4n) is 8.00. The van der Waals surface area contributed by atoms with Crippen molar-refractivity contribution >= 4 is 73.3 Å². The van der Waals surface area contributed by atoms with E-state index in [9.17, 15) is 53.3 Å². The molecule has 3 saturated heterocycles. The second-order valence-corrected chi connectivity index (χ2v) is 17.3. The zero-order chi connectivity index (χ0) is 50.0. The summed E-state index contributed by atoms with van der Waals surface area (Å²) in [6, 6.07) is 14.5. The van der Waals surface area contributed by atoms with E-state index in [1.807, 2.05) is 35.0 Å². The molecule has 0 unspecified atom stereocenters. The number of aromatic nitrogens is 3. The van der Waals surface area contributed by atoms with Gasteiger partial charge in [0.2, 0.25) is 0 Å². The van der Waals surface area contributed by atoms with Crippen LogP contribution in [0.25, 0.3) is 32.9 Å². The molecule has 2 bridgehead atoms. The highest BCUT2D eigenvalue weighted by Gasteiger charge is 2.44. The van der Waals surface area contributed by atoms with E-state index in [2.05, 4.69) is 15.3 Å². The van der Waals surface area contributed by atoms with Gasteiger partial charge in [-0.05, 0) is 56.0 Å². The van der Waals surface area contributed by atoms with Crippen molar-refractivity contribution in [1.29, 1.82) is 0 Å². The van der Waals surface area contributed by atoms with Gasteiger partial charge in [0.05, 0.1) is 22.4 Å². The SMILES string of the molecule is CN1C[C@H](NC(=O)c2cccc(S(=O)(=O)F)c2)C[C@H]1COc1nc(N2C[C@H]3CC[C@@H](C2)N3C(=O)O)c2cnc(-c3cccc4cccc(Cl)c34)c(F)c2n1.O=C(O)C(F)(F)F.O=C(O)C(F)(F)F. The summed E-state index contributed by atoms with van der Waals surface area (Å²) in [5, 5.41) is 29.2. The van der Waals surface area contributed by atoms with Crippen molar-refractivity contribution in [2.24, 2.45) is 0 Å². The van der Waals surface area contributed by atoms with Gasteiger partial charge in [0.25, 0.3) is 5.91 Å². The first-order valence-electron chi connectivity index (χ1n) is 19.8. The van der Waals surface area contributed by atoms with Crippen molar-refractivity contribution < 1.29 is 82.3 Å². The number of alkyl halides is 6. The van der Waals surface area contributed by atoms with E-state index >= 15 is 4.39 Å². The lowest BCUT2D eigenvalue weighted by molar-refractivity contribution is -0.193. The summed E-state index contributed by atoms with van der Waals surface area (Å²) in [5.41, 5.74) is 0.537. The lowest BCUT2D eigenvalue weighted by Crippen LogP contribution is -2.55. The molecule has 8 rings (SSSR count). The fraction of sp³-hybridized carbons (Fsp3) is 0.341. The second kappa shape index (κ2) is 19.9. The van der Waals surface area contributed by atoms with Crippen LogP contribution in [-0.2, 0) is 19.8 Å². The van der Waals surface area contributed by atoms with Crippen LogP contribution in [0.3, 0.4) is 0 Å². The number of amides is 2. The van der Waals surface area contributed by atoms with Crippen LogP contribution in [0.5, 0.6) is 6.01 Å². The van der Waals surface area contributed by atoms with Crippen LogP contribution in [0.15, 0.2) is 71.8 Å². The third-order valence-corrected chi connectivity index (χ3v) is 12.2. The van der Waals surface area contributed by atoms with Crippen LogP contribution < -0.4 is 15.0 Å². The number of carboxylic acids is 2. The third-order valence-electron chi connectivity index (χ3n) is 11.0. The van der Waals surface area contributed by atoms with Gasteiger partial charge in [-0.1, -0.05) is 48.0 Å². The molecule has 5 aromatic rings.